The summed E-state index contributed by atoms with van der Waals surface area (Å²) < 4.78 is 23.1. The molecule has 0 saturated heterocycles. The smallest absolute Gasteiger partial charge is 0.344 e. The van der Waals surface area contributed by atoms with Gasteiger partial charge < -0.3 is 14.8 Å². The van der Waals surface area contributed by atoms with Crippen molar-refractivity contribution in [1.82, 2.24) is 5.32 Å². The SMILES string of the molecule is O=C(COC(=O)COc1ccccc1F)NCCSCc1ccccc1. The molecular formula is C19H20FNO4S. The van der Waals surface area contributed by atoms with E-state index in [1.807, 2.05) is 18.2 Å². The number of hydrogen-bond acceptors (Lipinski definition) is 5. The minimum Gasteiger partial charge on any atom is -0.479 e. The topological polar surface area (TPSA) is 64.6 Å². The summed E-state index contributed by atoms with van der Waals surface area (Å²) in [6.45, 7) is -0.358. The molecule has 2 aromatic rings. The van der Waals surface area contributed by atoms with E-state index < -0.39 is 18.4 Å². The summed E-state index contributed by atoms with van der Waals surface area (Å²) >= 11 is 1.70. The van der Waals surface area contributed by atoms with E-state index in [-0.39, 0.29) is 18.3 Å². The highest BCUT2D eigenvalue weighted by atomic mass is 32.2. The molecule has 138 valence electrons. The lowest BCUT2D eigenvalue weighted by Crippen LogP contribution is -2.31. The van der Waals surface area contributed by atoms with Crippen molar-refractivity contribution in [2.75, 3.05) is 25.5 Å². The van der Waals surface area contributed by atoms with Crippen molar-refractivity contribution in [2.45, 2.75) is 5.75 Å². The average molecular weight is 377 g/mol. The molecule has 0 heterocycles. The number of amides is 1. The van der Waals surface area contributed by atoms with Gasteiger partial charge >= 0.3 is 5.97 Å². The Bertz CT molecular complexity index is 712. The van der Waals surface area contributed by atoms with Crippen LogP contribution < -0.4 is 10.1 Å². The van der Waals surface area contributed by atoms with Gasteiger partial charge in [0, 0.05) is 18.1 Å². The molecule has 1 amide bonds. The lowest BCUT2D eigenvalue weighted by Gasteiger charge is -2.08. The number of hydrogen-bond donors (Lipinski definition) is 1. The highest BCUT2D eigenvalue weighted by molar-refractivity contribution is 7.98. The summed E-state index contributed by atoms with van der Waals surface area (Å²) in [4.78, 5) is 23.1. The maximum Gasteiger partial charge on any atom is 0.344 e. The molecule has 0 aliphatic heterocycles. The fourth-order valence-electron chi connectivity index (χ4n) is 1.96. The molecule has 0 atom stereocenters. The van der Waals surface area contributed by atoms with Gasteiger partial charge in [0.2, 0.25) is 0 Å². The van der Waals surface area contributed by atoms with Gasteiger partial charge in [-0.15, -0.1) is 0 Å². The third-order valence-electron chi connectivity index (χ3n) is 3.23. The Kier molecular flexibility index (Phi) is 8.48. The lowest BCUT2D eigenvalue weighted by molar-refractivity contribution is -0.150. The highest BCUT2D eigenvalue weighted by Crippen LogP contribution is 2.15. The standard InChI is InChI=1S/C19H20FNO4S/c20-16-8-4-5-9-17(16)24-13-19(23)25-12-18(22)21-10-11-26-14-15-6-2-1-3-7-15/h1-9H,10-14H2,(H,21,22). The summed E-state index contributed by atoms with van der Waals surface area (Å²) in [7, 11) is 0. The zero-order valence-corrected chi connectivity index (χ0v) is 15.0. The number of thioether (sulfide) groups is 1. The third kappa shape index (κ3) is 7.57. The Morgan fingerprint density at radius 1 is 1.00 bits per heavy atom. The monoisotopic (exact) mass is 377 g/mol. The molecule has 0 spiro atoms. The van der Waals surface area contributed by atoms with E-state index in [1.165, 1.54) is 23.8 Å². The van der Waals surface area contributed by atoms with E-state index in [9.17, 15) is 14.0 Å². The second kappa shape index (κ2) is 11.1. The van der Waals surface area contributed by atoms with Gasteiger partial charge in [0.05, 0.1) is 0 Å². The summed E-state index contributed by atoms with van der Waals surface area (Å²) in [5, 5.41) is 2.67. The number of para-hydroxylation sites is 1. The minimum absolute atomic E-state index is 0.0376. The van der Waals surface area contributed by atoms with E-state index in [0.717, 1.165) is 11.5 Å². The molecule has 0 saturated carbocycles. The summed E-state index contributed by atoms with van der Waals surface area (Å²) in [5.74, 6) is -0.0915. The van der Waals surface area contributed by atoms with Crippen LogP contribution in [0.15, 0.2) is 54.6 Å². The summed E-state index contributed by atoms with van der Waals surface area (Å²) in [5.41, 5.74) is 1.23. The molecule has 7 heteroatoms. The van der Waals surface area contributed by atoms with Gasteiger partial charge in [0.25, 0.3) is 5.91 Å². The molecule has 0 radical (unpaired) electrons. The van der Waals surface area contributed by atoms with E-state index in [4.69, 9.17) is 9.47 Å². The molecule has 26 heavy (non-hydrogen) atoms. The number of rotatable bonds is 10. The maximum atomic E-state index is 13.3. The number of carbonyl (C=O) groups is 2. The van der Waals surface area contributed by atoms with Crippen LogP contribution in [0.25, 0.3) is 0 Å². The first-order chi connectivity index (χ1) is 12.6. The van der Waals surface area contributed by atoms with Crippen LogP contribution in [0.2, 0.25) is 0 Å². The van der Waals surface area contributed by atoms with Crippen molar-refractivity contribution in [1.29, 1.82) is 0 Å². The Morgan fingerprint density at radius 2 is 1.73 bits per heavy atom. The first kappa shape index (κ1) is 19.8. The summed E-state index contributed by atoms with van der Waals surface area (Å²) in [6.07, 6.45) is 0. The van der Waals surface area contributed by atoms with Crippen LogP contribution in [0.5, 0.6) is 5.75 Å². The number of carbonyl (C=O) groups excluding carboxylic acids is 2. The van der Waals surface area contributed by atoms with Crippen molar-refractivity contribution in [3.63, 3.8) is 0 Å². The van der Waals surface area contributed by atoms with Crippen LogP contribution in [-0.4, -0.2) is 37.4 Å². The van der Waals surface area contributed by atoms with Crippen LogP contribution in [0.3, 0.4) is 0 Å². The van der Waals surface area contributed by atoms with Crippen molar-refractivity contribution < 1.29 is 23.5 Å². The van der Waals surface area contributed by atoms with Gasteiger partial charge in [-0.25, -0.2) is 9.18 Å². The van der Waals surface area contributed by atoms with Gasteiger partial charge in [-0.05, 0) is 17.7 Å². The van der Waals surface area contributed by atoms with E-state index in [1.54, 1.807) is 17.8 Å². The largest absolute Gasteiger partial charge is 0.479 e. The molecule has 1 N–H and O–H groups in total. The van der Waals surface area contributed by atoms with Crippen LogP contribution >= 0.6 is 11.8 Å². The highest BCUT2D eigenvalue weighted by Gasteiger charge is 2.09. The average Bonchev–Trinajstić information content (AvgIpc) is 2.66. The number of halogens is 1. The Balaban J connectivity index is 1.52. The molecule has 0 bridgehead atoms. The zero-order valence-electron chi connectivity index (χ0n) is 14.2. The molecule has 5 nitrogen and oxygen atoms in total. The Hall–Kier alpha value is -2.54. The first-order valence-corrected chi connectivity index (χ1v) is 9.22. The summed E-state index contributed by atoms with van der Waals surface area (Å²) in [6, 6.07) is 15.8. The van der Waals surface area contributed by atoms with Gasteiger partial charge in [-0.2, -0.15) is 11.8 Å². The van der Waals surface area contributed by atoms with Crippen molar-refractivity contribution >= 4 is 23.6 Å². The predicted octanol–water partition coefficient (Wildman–Crippen LogP) is 2.80. The van der Waals surface area contributed by atoms with Gasteiger partial charge in [-0.1, -0.05) is 42.5 Å². The Morgan fingerprint density at radius 3 is 2.50 bits per heavy atom. The number of ether oxygens (including phenoxy) is 2. The number of esters is 1. The normalized spacial score (nSPS) is 10.2. The second-order valence-electron chi connectivity index (χ2n) is 5.27. The maximum absolute atomic E-state index is 13.3. The van der Waals surface area contributed by atoms with Gasteiger partial charge in [-0.3, -0.25) is 4.79 Å². The Labute approximate surface area is 155 Å². The molecule has 0 aliphatic rings. The number of benzene rings is 2. The molecule has 2 aromatic carbocycles. The fourth-order valence-corrected chi connectivity index (χ4v) is 2.78. The predicted molar refractivity (Wildman–Crippen MR) is 98.5 cm³/mol. The molecule has 0 aliphatic carbocycles. The molecular weight excluding hydrogens is 357 g/mol. The van der Waals surface area contributed by atoms with Crippen LogP contribution in [-0.2, 0) is 20.1 Å². The molecule has 0 fully saturated rings. The van der Waals surface area contributed by atoms with Gasteiger partial charge in [0.15, 0.2) is 24.8 Å². The zero-order chi connectivity index (χ0) is 18.6. The van der Waals surface area contributed by atoms with Crippen molar-refractivity contribution in [2.24, 2.45) is 0 Å². The van der Waals surface area contributed by atoms with E-state index in [0.29, 0.717) is 6.54 Å². The van der Waals surface area contributed by atoms with Gasteiger partial charge in [0.1, 0.15) is 0 Å². The number of nitrogens with one attached hydrogen (secondary N) is 1. The quantitative estimate of drug-likeness (QED) is 0.510. The first-order valence-electron chi connectivity index (χ1n) is 8.06. The lowest BCUT2D eigenvalue weighted by atomic mass is 10.2. The van der Waals surface area contributed by atoms with Crippen molar-refractivity contribution in [3.05, 3.63) is 66.0 Å². The minimum atomic E-state index is -0.734. The van der Waals surface area contributed by atoms with E-state index >= 15 is 0 Å². The molecule has 0 unspecified atom stereocenters. The van der Waals surface area contributed by atoms with Crippen LogP contribution in [0.4, 0.5) is 4.39 Å². The third-order valence-corrected chi connectivity index (χ3v) is 4.26. The van der Waals surface area contributed by atoms with Crippen molar-refractivity contribution in [3.8, 4) is 5.75 Å². The molecule has 2 rings (SSSR count). The molecule has 0 aromatic heterocycles. The van der Waals surface area contributed by atoms with Crippen LogP contribution in [0.1, 0.15) is 5.56 Å². The second-order valence-corrected chi connectivity index (χ2v) is 6.37. The fraction of sp³-hybridized carbons (Fsp3) is 0.263. The van der Waals surface area contributed by atoms with Crippen LogP contribution in [0, 0.1) is 5.82 Å². The van der Waals surface area contributed by atoms with E-state index in [2.05, 4.69) is 17.4 Å².